The van der Waals surface area contributed by atoms with E-state index in [0.29, 0.717) is 6.61 Å². The van der Waals surface area contributed by atoms with E-state index < -0.39 is 5.60 Å². The van der Waals surface area contributed by atoms with Gasteiger partial charge in [0.15, 0.2) is 0 Å². The number of hydrogen-bond acceptors (Lipinski definition) is 2. The monoisotopic (exact) mass is 348 g/mol. The molecule has 1 aliphatic rings. The first-order valence-corrected chi connectivity index (χ1v) is 8.93. The summed E-state index contributed by atoms with van der Waals surface area (Å²) in [6, 6.07) is 31.2. The third kappa shape index (κ3) is 4.04. The van der Waals surface area contributed by atoms with Gasteiger partial charge in [-0.15, -0.1) is 0 Å². The summed E-state index contributed by atoms with van der Waals surface area (Å²) < 4.78 is 12.2. The molecule has 3 heteroatoms. The van der Waals surface area contributed by atoms with Crippen LogP contribution in [0, 0.1) is 6.26 Å². The van der Waals surface area contributed by atoms with Crippen LogP contribution in [0.4, 0.5) is 0 Å². The zero-order valence-corrected chi connectivity index (χ0v) is 15.5. The molecule has 130 valence electrons. The molecule has 0 fully saturated rings. The van der Waals surface area contributed by atoms with E-state index in [1.54, 1.807) is 0 Å². The first-order chi connectivity index (χ1) is 12.9. The van der Waals surface area contributed by atoms with Crippen molar-refractivity contribution in [1.82, 2.24) is 0 Å². The first-order valence-electron chi connectivity index (χ1n) is 8.93. The van der Waals surface area contributed by atoms with E-state index in [4.69, 9.17) is 9.47 Å². The molecule has 0 aromatic heterocycles. The number of benzene rings is 3. The molecular weight excluding hydrogens is 327 g/mol. The molecule has 0 aliphatic carbocycles. The van der Waals surface area contributed by atoms with Crippen LogP contribution in [-0.4, -0.2) is 12.7 Å². The van der Waals surface area contributed by atoms with Crippen LogP contribution in [0.3, 0.4) is 0 Å². The van der Waals surface area contributed by atoms with Gasteiger partial charge in [0, 0.05) is 0 Å². The second-order valence-electron chi connectivity index (χ2n) is 6.39. The van der Waals surface area contributed by atoms with E-state index in [2.05, 4.69) is 79.1 Å². The average Bonchev–Trinajstić information content (AvgIpc) is 3.25. The molecule has 27 heavy (non-hydrogen) atoms. The standard InChI is InChI=1S/C24H21O2.Li/c1-4-11-20(12-5-1)24(21-13-6-2-7-14-21,22-15-8-3-9-16-22)26-19-23-17-10-18-25-23;/h1-16,23H,17,19H2;/q-1;+1/t23-;/m0./s1. The van der Waals surface area contributed by atoms with Gasteiger partial charge in [0.2, 0.25) is 0 Å². The molecule has 0 saturated heterocycles. The predicted octanol–water partition coefficient (Wildman–Crippen LogP) is 2.10. The molecule has 4 rings (SSSR count). The zero-order valence-electron chi connectivity index (χ0n) is 15.5. The van der Waals surface area contributed by atoms with Crippen molar-refractivity contribution in [3.8, 4) is 0 Å². The molecule has 2 nitrogen and oxygen atoms in total. The number of rotatable bonds is 6. The molecule has 3 aromatic carbocycles. The van der Waals surface area contributed by atoms with Gasteiger partial charge in [-0.3, -0.25) is 0 Å². The molecule has 1 heterocycles. The minimum Gasteiger partial charge on any atom is -0.689 e. The van der Waals surface area contributed by atoms with E-state index in [-0.39, 0.29) is 25.0 Å². The van der Waals surface area contributed by atoms with E-state index in [0.717, 1.165) is 23.1 Å². The van der Waals surface area contributed by atoms with Crippen LogP contribution in [0.5, 0.6) is 0 Å². The molecule has 0 radical (unpaired) electrons. The third-order valence-corrected chi connectivity index (χ3v) is 4.73. The number of hydrogen-bond donors (Lipinski definition) is 0. The van der Waals surface area contributed by atoms with Gasteiger partial charge in [-0.05, 0) is 23.1 Å². The summed E-state index contributed by atoms with van der Waals surface area (Å²) in [5.41, 5.74) is 2.63. The van der Waals surface area contributed by atoms with Crippen LogP contribution < -0.4 is 18.9 Å². The summed E-state index contributed by atoms with van der Waals surface area (Å²) in [6.45, 7) is 0.488. The minimum atomic E-state index is -0.685. The van der Waals surface area contributed by atoms with Gasteiger partial charge < -0.3 is 15.7 Å². The predicted molar refractivity (Wildman–Crippen MR) is 102 cm³/mol. The van der Waals surface area contributed by atoms with Crippen LogP contribution >= 0.6 is 0 Å². The molecular formula is C24H21LiO2. The van der Waals surface area contributed by atoms with Crippen molar-refractivity contribution >= 4 is 0 Å². The van der Waals surface area contributed by atoms with Gasteiger partial charge >= 0.3 is 18.9 Å². The van der Waals surface area contributed by atoms with Crippen molar-refractivity contribution in [2.75, 3.05) is 6.61 Å². The summed E-state index contributed by atoms with van der Waals surface area (Å²) in [5.74, 6) is 0. The maximum atomic E-state index is 6.69. The van der Waals surface area contributed by atoms with Gasteiger partial charge in [0.1, 0.15) is 5.60 Å². The largest absolute Gasteiger partial charge is 1.00 e. The summed E-state index contributed by atoms with van der Waals surface area (Å²) in [5, 5.41) is 0. The second kappa shape index (κ2) is 9.11. The number of ether oxygens (including phenoxy) is 2. The van der Waals surface area contributed by atoms with Crippen molar-refractivity contribution in [3.05, 3.63) is 120 Å². The minimum absolute atomic E-state index is 0. The summed E-state index contributed by atoms with van der Waals surface area (Å²) in [7, 11) is 0. The second-order valence-corrected chi connectivity index (χ2v) is 6.39. The Morgan fingerprint density at radius 1 is 0.778 bits per heavy atom. The fourth-order valence-electron chi connectivity index (χ4n) is 3.46. The quantitative estimate of drug-likeness (QED) is 0.386. The normalized spacial score (nSPS) is 15.8. The van der Waals surface area contributed by atoms with Crippen molar-refractivity contribution in [2.45, 2.75) is 18.1 Å². The van der Waals surface area contributed by atoms with E-state index in [1.807, 2.05) is 24.3 Å². The summed E-state index contributed by atoms with van der Waals surface area (Å²) in [4.78, 5) is 0. The van der Waals surface area contributed by atoms with Gasteiger partial charge in [-0.2, -0.15) is 0 Å². The molecule has 0 N–H and O–H groups in total. The van der Waals surface area contributed by atoms with Crippen molar-refractivity contribution in [1.29, 1.82) is 0 Å². The molecule has 0 bridgehead atoms. The Morgan fingerprint density at radius 2 is 1.22 bits per heavy atom. The van der Waals surface area contributed by atoms with E-state index in [9.17, 15) is 0 Å². The van der Waals surface area contributed by atoms with Crippen LogP contribution in [0.1, 0.15) is 23.1 Å². The van der Waals surface area contributed by atoms with Crippen LogP contribution in [0.2, 0.25) is 0 Å². The van der Waals surface area contributed by atoms with Gasteiger partial charge in [0.05, 0.1) is 12.7 Å². The summed E-state index contributed by atoms with van der Waals surface area (Å²) in [6.07, 6.45) is 5.58. The van der Waals surface area contributed by atoms with Crippen molar-refractivity contribution in [3.63, 3.8) is 0 Å². The fourth-order valence-corrected chi connectivity index (χ4v) is 3.46. The molecule has 3 aromatic rings. The Labute approximate surface area is 173 Å². The molecule has 1 aliphatic heterocycles. The molecule has 0 unspecified atom stereocenters. The van der Waals surface area contributed by atoms with Crippen LogP contribution in [0.15, 0.2) is 97.1 Å². The summed E-state index contributed by atoms with van der Waals surface area (Å²) >= 11 is 0. The molecule has 0 spiro atoms. The SMILES string of the molecule is [C-]1=CC[C@@H](COC(c2ccccc2)(c2ccccc2)c2ccccc2)O1.[Li+]. The third-order valence-electron chi connectivity index (χ3n) is 4.73. The Balaban J connectivity index is 0.00000210. The molecule has 0 amide bonds. The van der Waals surface area contributed by atoms with E-state index in [1.165, 1.54) is 0 Å². The zero-order chi connectivity index (χ0) is 17.7. The first kappa shape index (κ1) is 19.5. The maximum absolute atomic E-state index is 6.69. The van der Waals surface area contributed by atoms with Gasteiger partial charge in [-0.1, -0.05) is 91.0 Å². The topological polar surface area (TPSA) is 18.5 Å². The Morgan fingerprint density at radius 3 is 1.59 bits per heavy atom. The van der Waals surface area contributed by atoms with Crippen LogP contribution in [0.25, 0.3) is 0 Å². The van der Waals surface area contributed by atoms with Gasteiger partial charge in [0.25, 0.3) is 0 Å². The fraction of sp³-hybridized carbons (Fsp3) is 0.167. The Hall–Kier alpha value is -2.24. The molecule has 0 saturated carbocycles. The van der Waals surface area contributed by atoms with Crippen LogP contribution in [-0.2, 0) is 15.1 Å². The maximum Gasteiger partial charge on any atom is 1.00 e. The smallest absolute Gasteiger partial charge is 0.689 e. The van der Waals surface area contributed by atoms with Crippen molar-refractivity contribution < 1.29 is 28.3 Å². The van der Waals surface area contributed by atoms with Crippen molar-refractivity contribution in [2.24, 2.45) is 0 Å². The Bertz CT molecular complexity index is 743. The Kier molecular flexibility index (Phi) is 6.58. The average molecular weight is 348 g/mol. The van der Waals surface area contributed by atoms with Gasteiger partial charge in [-0.25, -0.2) is 6.08 Å². The molecule has 1 atom stereocenters. The van der Waals surface area contributed by atoms with E-state index >= 15 is 0 Å².